The first-order chi connectivity index (χ1) is 12.5. The minimum Gasteiger partial charge on any atom is -0.467 e. The quantitative estimate of drug-likeness (QED) is 0.657. The molecule has 3 heterocycles. The van der Waals surface area contributed by atoms with E-state index in [0.29, 0.717) is 5.56 Å². The van der Waals surface area contributed by atoms with Crippen LogP contribution in [0.5, 0.6) is 0 Å². The van der Waals surface area contributed by atoms with Gasteiger partial charge in [0.25, 0.3) is 0 Å². The lowest BCUT2D eigenvalue weighted by Gasteiger charge is -2.32. The summed E-state index contributed by atoms with van der Waals surface area (Å²) in [5.74, 6) is -2.69. The normalized spacial score (nSPS) is 30.5. The van der Waals surface area contributed by atoms with E-state index in [0.717, 1.165) is 9.78 Å². The summed E-state index contributed by atoms with van der Waals surface area (Å²) in [5, 5.41) is 5.24. The molecule has 2 aliphatic heterocycles. The number of carbonyl (C=O) groups is 3. The van der Waals surface area contributed by atoms with Crippen molar-refractivity contribution in [1.82, 2.24) is 10.2 Å². The van der Waals surface area contributed by atoms with Gasteiger partial charge in [0.2, 0.25) is 11.8 Å². The number of methoxy groups -OCH3 is 1. The first-order valence-corrected chi connectivity index (χ1v) is 9.16. The second-order valence-electron chi connectivity index (χ2n) is 6.54. The van der Waals surface area contributed by atoms with Gasteiger partial charge in [-0.1, -0.05) is 36.4 Å². The zero-order valence-electron chi connectivity index (χ0n) is 14.3. The number of rotatable bonds is 3. The van der Waals surface area contributed by atoms with E-state index >= 15 is 0 Å². The lowest BCUT2D eigenvalue weighted by Crippen LogP contribution is -2.53. The number of hydrogen-bond donors (Lipinski definition) is 1. The highest BCUT2D eigenvalue weighted by molar-refractivity contribution is 7.10. The number of thiophene rings is 1. The molecule has 7 heteroatoms. The molecule has 0 aliphatic carbocycles. The number of likely N-dealkylation sites (tertiary alicyclic amines) is 1. The fourth-order valence-electron chi connectivity index (χ4n) is 4.20. The Labute approximate surface area is 154 Å². The maximum absolute atomic E-state index is 13.0. The van der Waals surface area contributed by atoms with Gasteiger partial charge in [-0.25, -0.2) is 4.79 Å². The van der Waals surface area contributed by atoms with E-state index in [2.05, 4.69) is 5.32 Å². The van der Waals surface area contributed by atoms with Crippen LogP contribution in [0.1, 0.15) is 16.5 Å². The van der Waals surface area contributed by atoms with Crippen molar-refractivity contribution in [3.8, 4) is 0 Å². The third kappa shape index (κ3) is 2.10. The van der Waals surface area contributed by atoms with Crippen LogP contribution >= 0.6 is 11.3 Å². The highest BCUT2D eigenvalue weighted by Gasteiger charge is 2.69. The predicted octanol–water partition coefficient (Wildman–Crippen LogP) is 1.69. The van der Waals surface area contributed by atoms with Crippen molar-refractivity contribution in [3.05, 3.63) is 58.3 Å². The van der Waals surface area contributed by atoms with E-state index < -0.39 is 29.4 Å². The van der Waals surface area contributed by atoms with Crippen molar-refractivity contribution >= 4 is 29.1 Å². The molecule has 134 valence electrons. The van der Waals surface area contributed by atoms with Crippen molar-refractivity contribution < 1.29 is 19.1 Å². The smallest absolute Gasteiger partial charge is 0.331 e. The molecule has 0 bridgehead atoms. The molecule has 2 fully saturated rings. The molecule has 0 unspecified atom stereocenters. The Morgan fingerprint density at radius 3 is 2.50 bits per heavy atom. The summed E-state index contributed by atoms with van der Waals surface area (Å²) in [5.41, 5.74) is -0.773. The van der Waals surface area contributed by atoms with E-state index in [1.165, 1.54) is 25.5 Å². The Morgan fingerprint density at radius 1 is 1.15 bits per heavy atom. The first-order valence-electron chi connectivity index (χ1n) is 8.29. The molecule has 1 aromatic heterocycles. The number of carbonyl (C=O) groups excluding carboxylic acids is 3. The van der Waals surface area contributed by atoms with Gasteiger partial charge in [0, 0.05) is 11.9 Å². The van der Waals surface area contributed by atoms with Crippen LogP contribution in [0.2, 0.25) is 0 Å². The number of esters is 1. The van der Waals surface area contributed by atoms with E-state index in [1.54, 1.807) is 24.3 Å². The van der Waals surface area contributed by atoms with Gasteiger partial charge < -0.3 is 4.74 Å². The molecule has 2 amide bonds. The average Bonchev–Trinajstić information content (AvgIpc) is 3.36. The number of fused-ring (bicyclic) bond motifs is 1. The van der Waals surface area contributed by atoms with Gasteiger partial charge in [0.1, 0.15) is 0 Å². The summed E-state index contributed by atoms with van der Waals surface area (Å²) in [6, 6.07) is 12.4. The Kier molecular flexibility index (Phi) is 3.93. The van der Waals surface area contributed by atoms with Gasteiger partial charge in [-0.05, 0) is 17.0 Å². The van der Waals surface area contributed by atoms with Gasteiger partial charge >= 0.3 is 5.97 Å². The summed E-state index contributed by atoms with van der Waals surface area (Å²) >= 11 is 1.49. The third-order valence-electron chi connectivity index (χ3n) is 5.37. The van der Waals surface area contributed by atoms with Crippen LogP contribution in [0.25, 0.3) is 0 Å². The van der Waals surface area contributed by atoms with Gasteiger partial charge in [-0.15, -0.1) is 11.3 Å². The highest BCUT2D eigenvalue weighted by atomic mass is 32.1. The number of amides is 2. The van der Waals surface area contributed by atoms with Crippen LogP contribution in [-0.4, -0.2) is 36.8 Å². The SMILES string of the molecule is COC(=O)[C@]1(c2ccccc2)N[C@@H](c2cccs2)[C@H]2C(=O)N(C)C(=O)[C@@H]21. The monoisotopic (exact) mass is 370 g/mol. The standard InChI is InChI=1S/C19H18N2O4S/c1-21-16(22)13-14(17(21)23)19(18(24)25-2,11-7-4-3-5-8-11)20-15(13)12-9-6-10-26-12/h3-10,13-15,20H,1-2H3/t13-,14+,15-,19+/m0/s1. The lowest BCUT2D eigenvalue weighted by molar-refractivity contribution is -0.154. The third-order valence-corrected chi connectivity index (χ3v) is 6.32. The number of benzene rings is 1. The fourth-order valence-corrected chi connectivity index (χ4v) is 5.02. The maximum Gasteiger partial charge on any atom is 0.331 e. The van der Waals surface area contributed by atoms with Gasteiger partial charge in [0.15, 0.2) is 5.54 Å². The fraction of sp³-hybridized carbons (Fsp3) is 0.316. The molecule has 1 aromatic carbocycles. The Bertz CT molecular complexity index is 867. The van der Waals surface area contributed by atoms with Crippen LogP contribution in [0.3, 0.4) is 0 Å². The minimum absolute atomic E-state index is 0.271. The molecular formula is C19H18N2O4S. The summed E-state index contributed by atoms with van der Waals surface area (Å²) in [4.78, 5) is 40.9. The number of hydrogen-bond acceptors (Lipinski definition) is 6. The molecule has 4 atom stereocenters. The molecule has 2 saturated heterocycles. The molecule has 6 nitrogen and oxygen atoms in total. The summed E-state index contributed by atoms with van der Waals surface area (Å²) in [7, 11) is 2.77. The Morgan fingerprint density at radius 2 is 1.88 bits per heavy atom. The average molecular weight is 370 g/mol. The predicted molar refractivity (Wildman–Crippen MR) is 95.1 cm³/mol. The molecule has 26 heavy (non-hydrogen) atoms. The van der Waals surface area contributed by atoms with Crippen molar-refractivity contribution in [2.45, 2.75) is 11.6 Å². The minimum atomic E-state index is -1.40. The van der Waals surface area contributed by atoms with E-state index in [1.807, 2.05) is 23.6 Å². The maximum atomic E-state index is 13.0. The Hall–Kier alpha value is -2.51. The van der Waals surface area contributed by atoms with E-state index in [-0.39, 0.29) is 11.8 Å². The number of imide groups is 1. The van der Waals surface area contributed by atoms with Gasteiger partial charge in [0.05, 0.1) is 25.0 Å². The molecule has 2 aromatic rings. The molecule has 0 radical (unpaired) electrons. The number of nitrogens with one attached hydrogen (secondary N) is 1. The molecular weight excluding hydrogens is 352 g/mol. The van der Waals surface area contributed by atoms with Crippen LogP contribution in [0.15, 0.2) is 47.8 Å². The van der Waals surface area contributed by atoms with Crippen molar-refractivity contribution in [3.63, 3.8) is 0 Å². The van der Waals surface area contributed by atoms with Crippen LogP contribution in [0, 0.1) is 11.8 Å². The van der Waals surface area contributed by atoms with E-state index in [9.17, 15) is 14.4 Å². The molecule has 0 spiro atoms. The summed E-state index contributed by atoms with van der Waals surface area (Å²) in [6.45, 7) is 0. The first kappa shape index (κ1) is 16.9. The van der Waals surface area contributed by atoms with Crippen molar-refractivity contribution in [2.24, 2.45) is 11.8 Å². The molecule has 0 saturated carbocycles. The second kappa shape index (κ2) is 6.03. The zero-order chi connectivity index (χ0) is 18.5. The summed E-state index contributed by atoms with van der Waals surface area (Å²) < 4.78 is 5.10. The number of ether oxygens (including phenoxy) is 1. The van der Waals surface area contributed by atoms with Crippen LogP contribution in [-0.2, 0) is 24.7 Å². The van der Waals surface area contributed by atoms with Gasteiger partial charge in [-0.3, -0.25) is 19.8 Å². The van der Waals surface area contributed by atoms with Crippen LogP contribution < -0.4 is 5.32 Å². The molecule has 1 N–H and O–H groups in total. The largest absolute Gasteiger partial charge is 0.467 e. The van der Waals surface area contributed by atoms with Crippen molar-refractivity contribution in [1.29, 1.82) is 0 Å². The lowest BCUT2D eigenvalue weighted by atomic mass is 9.75. The van der Waals surface area contributed by atoms with Crippen molar-refractivity contribution in [2.75, 3.05) is 14.2 Å². The molecule has 2 aliphatic rings. The van der Waals surface area contributed by atoms with Crippen LogP contribution in [0.4, 0.5) is 0 Å². The second-order valence-corrected chi connectivity index (χ2v) is 7.52. The topological polar surface area (TPSA) is 75.7 Å². The highest BCUT2D eigenvalue weighted by Crippen LogP contribution is 2.53. The summed E-state index contributed by atoms with van der Waals surface area (Å²) in [6.07, 6.45) is 0. The zero-order valence-corrected chi connectivity index (χ0v) is 15.2. The Balaban J connectivity index is 1.95. The van der Waals surface area contributed by atoms with E-state index in [4.69, 9.17) is 4.74 Å². The number of nitrogens with zero attached hydrogens (tertiary/aromatic N) is 1. The molecule has 4 rings (SSSR count). The van der Waals surface area contributed by atoms with Gasteiger partial charge in [-0.2, -0.15) is 0 Å².